The zero-order chi connectivity index (χ0) is 17.6. The van der Waals surface area contributed by atoms with Gasteiger partial charge in [0.05, 0.1) is 12.4 Å². The van der Waals surface area contributed by atoms with E-state index in [1.165, 1.54) is 44.9 Å². The molecule has 140 valence electrons. The molecule has 0 heterocycles. The Balaban J connectivity index is 3.49. The van der Waals surface area contributed by atoms with E-state index in [0.29, 0.717) is 0 Å². The van der Waals surface area contributed by atoms with Gasteiger partial charge >= 0.3 is 0 Å². The lowest BCUT2D eigenvalue weighted by Crippen LogP contribution is -2.30. The molecule has 0 amide bonds. The summed E-state index contributed by atoms with van der Waals surface area (Å²) in [6, 6.07) is 0. The van der Waals surface area contributed by atoms with Crippen molar-refractivity contribution in [1.82, 2.24) is 0 Å². The molecule has 0 atom stereocenters. The molecule has 23 heavy (non-hydrogen) atoms. The fourth-order valence-electron chi connectivity index (χ4n) is 2.30. The highest BCUT2D eigenvalue weighted by atomic mass is 32.2. The average Bonchev–Trinajstić information content (AvgIpc) is 2.51. The minimum absolute atomic E-state index is 0.0982. The van der Waals surface area contributed by atoms with Crippen LogP contribution in [0.4, 0.5) is 0 Å². The van der Waals surface area contributed by atoms with Crippen LogP contribution in [-0.4, -0.2) is 36.8 Å². The molecule has 0 spiro atoms. The van der Waals surface area contributed by atoms with E-state index in [0.717, 1.165) is 19.3 Å². The molecule has 6 heteroatoms. The lowest BCUT2D eigenvalue weighted by molar-refractivity contribution is -0.163. The molecule has 0 aromatic carbocycles. The summed E-state index contributed by atoms with van der Waals surface area (Å²) in [4.78, 5) is 0. The van der Waals surface area contributed by atoms with E-state index in [1.54, 1.807) is 6.92 Å². The highest BCUT2D eigenvalue weighted by Crippen LogP contribution is 2.14. The van der Waals surface area contributed by atoms with Crippen molar-refractivity contribution in [3.05, 3.63) is 0 Å². The monoisotopic (exact) mass is 352 g/mol. The largest absolute Gasteiger partial charge is 0.366 e. The van der Waals surface area contributed by atoms with E-state index >= 15 is 0 Å². The first kappa shape index (κ1) is 22.8. The van der Waals surface area contributed by atoms with Crippen LogP contribution in [0.3, 0.4) is 0 Å². The molecule has 0 rings (SSSR count). The lowest BCUT2D eigenvalue weighted by Gasteiger charge is -2.19. The standard InChI is InChI=1S/C17H36O5S/c1-3-5-6-7-8-9-10-11-12-13-15-22-23(20,21)16-14-17(18,19)4-2/h18-19H,3-16H2,1-2H3. The summed E-state index contributed by atoms with van der Waals surface area (Å²) in [7, 11) is -3.66. The van der Waals surface area contributed by atoms with Crippen molar-refractivity contribution < 1.29 is 22.8 Å². The molecule has 0 saturated carbocycles. The second kappa shape index (κ2) is 13.2. The average molecular weight is 353 g/mol. The molecule has 0 fully saturated rings. The quantitative estimate of drug-likeness (QED) is 0.251. The fourth-order valence-corrected chi connectivity index (χ4v) is 3.37. The van der Waals surface area contributed by atoms with Gasteiger partial charge in [0.25, 0.3) is 10.1 Å². The van der Waals surface area contributed by atoms with Crippen LogP contribution in [-0.2, 0) is 14.3 Å². The highest BCUT2D eigenvalue weighted by molar-refractivity contribution is 7.86. The van der Waals surface area contributed by atoms with Gasteiger partial charge in [-0.2, -0.15) is 8.42 Å². The van der Waals surface area contributed by atoms with Crippen molar-refractivity contribution in [3.8, 4) is 0 Å². The van der Waals surface area contributed by atoms with Gasteiger partial charge in [-0.3, -0.25) is 4.18 Å². The normalized spacial score (nSPS) is 12.7. The molecular formula is C17H36O5S. The lowest BCUT2D eigenvalue weighted by atomic mass is 10.1. The van der Waals surface area contributed by atoms with Crippen LogP contribution in [0.15, 0.2) is 0 Å². The second-order valence-corrected chi connectivity index (χ2v) is 8.11. The Hall–Kier alpha value is -0.170. The molecule has 0 aliphatic heterocycles. The van der Waals surface area contributed by atoms with Gasteiger partial charge in [0, 0.05) is 6.42 Å². The van der Waals surface area contributed by atoms with Crippen LogP contribution >= 0.6 is 0 Å². The zero-order valence-electron chi connectivity index (χ0n) is 14.9. The Labute approximate surface area is 142 Å². The first-order chi connectivity index (χ1) is 10.8. The van der Waals surface area contributed by atoms with Gasteiger partial charge in [0.2, 0.25) is 0 Å². The maximum absolute atomic E-state index is 11.6. The molecule has 0 aliphatic rings. The second-order valence-electron chi connectivity index (χ2n) is 6.35. The molecule has 0 saturated heterocycles. The maximum Gasteiger partial charge on any atom is 0.267 e. The third-order valence-corrected chi connectivity index (χ3v) is 5.31. The van der Waals surface area contributed by atoms with Crippen LogP contribution in [0.5, 0.6) is 0 Å². The third kappa shape index (κ3) is 15.1. The van der Waals surface area contributed by atoms with Gasteiger partial charge in [-0.25, -0.2) is 0 Å². The Morgan fingerprint density at radius 3 is 1.78 bits per heavy atom. The van der Waals surface area contributed by atoms with Crippen LogP contribution < -0.4 is 0 Å². The van der Waals surface area contributed by atoms with Crippen LogP contribution in [0.1, 0.15) is 90.9 Å². The third-order valence-electron chi connectivity index (χ3n) is 4.08. The van der Waals surface area contributed by atoms with Crippen molar-refractivity contribution in [2.24, 2.45) is 0 Å². The smallest absolute Gasteiger partial charge is 0.267 e. The van der Waals surface area contributed by atoms with Crippen molar-refractivity contribution in [2.75, 3.05) is 12.4 Å². The van der Waals surface area contributed by atoms with Crippen LogP contribution in [0, 0.1) is 0 Å². The summed E-state index contributed by atoms with van der Waals surface area (Å²) in [5, 5.41) is 18.8. The number of hydrogen-bond donors (Lipinski definition) is 2. The van der Waals surface area contributed by atoms with E-state index in [1.807, 2.05) is 0 Å². The van der Waals surface area contributed by atoms with E-state index in [4.69, 9.17) is 4.18 Å². The SMILES string of the molecule is CCCCCCCCCCCCOS(=O)(=O)CCC(O)(O)CC. The van der Waals surface area contributed by atoms with E-state index in [2.05, 4.69) is 6.92 Å². The summed E-state index contributed by atoms with van der Waals surface area (Å²) in [5.41, 5.74) is 0. The van der Waals surface area contributed by atoms with Gasteiger partial charge in [-0.1, -0.05) is 71.6 Å². The number of unbranched alkanes of at least 4 members (excludes halogenated alkanes) is 9. The fraction of sp³-hybridized carbons (Fsp3) is 1.00. The summed E-state index contributed by atoms with van der Waals surface area (Å²) in [5.74, 6) is -2.28. The van der Waals surface area contributed by atoms with Gasteiger partial charge in [0.15, 0.2) is 5.79 Å². The first-order valence-corrected chi connectivity index (χ1v) is 10.7. The first-order valence-electron chi connectivity index (χ1n) is 9.15. The van der Waals surface area contributed by atoms with Gasteiger partial charge in [-0.15, -0.1) is 0 Å². The summed E-state index contributed by atoms with van der Waals surface area (Å²) < 4.78 is 28.1. The minimum atomic E-state index is -3.66. The molecule has 0 unspecified atom stereocenters. The van der Waals surface area contributed by atoms with Gasteiger partial charge in [-0.05, 0) is 12.8 Å². The van der Waals surface area contributed by atoms with Gasteiger partial charge < -0.3 is 10.2 Å². The molecule has 5 nitrogen and oxygen atoms in total. The van der Waals surface area contributed by atoms with Crippen molar-refractivity contribution >= 4 is 10.1 Å². The maximum atomic E-state index is 11.6. The summed E-state index contributed by atoms with van der Waals surface area (Å²) >= 11 is 0. The molecule has 0 aliphatic carbocycles. The van der Waals surface area contributed by atoms with E-state index in [-0.39, 0.29) is 25.2 Å². The highest BCUT2D eigenvalue weighted by Gasteiger charge is 2.24. The molecule has 0 aromatic heterocycles. The van der Waals surface area contributed by atoms with Crippen molar-refractivity contribution in [2.45, 2.75) is 96.7 Å². The number of aliphatic hydroxyl groups is 2. The van der Waals surface area contributed by atoms with Crippen molar-refractivity contribution in [1.29, 1.82) is 0 Å². The Bertz CT molecular complexity index is 365. The summed E-state index contributed by atoms with van der Waals surface area (Å²) in [6.07, 6.45) is 11.7. The zero-order valence-corrected chi connectivity index (χ0v) is 15.7. The molecule has 0 radical (unpaired) electrons. The molecule has 2 N–H and O–H groups in total. The van der Waals surface area contributed by atoms with Gasteiger partial charge in [0.1, 0.15) is 0 Å². The molecule has 0 aromatic rings. The predicted molar refractivity (Wildman–Crippen MR) is 93.7 cm³/mol. The Morgan fingerprint density at radius 2 is 1.30 bits per heavy atom. The predicted octanol–water partition coefficient (Wildman–Crippen LogP) is 3.73. The number of hydrogen-bond acceptors (Lipinski definition) is 5. The summed E-state index contributed by atoms with van der Waals surface area (Å²) in [6.45, 7) is 4.00. The minimum Gasteiger partial charge on any atom is -0.366 e. The molecular weight excluding hydrogens is 316 g/mol. The van der Waals surface area contributed by atoms with E-state index in [9.17, 15) is 18.6 Å². The molecule has 0 bridgehead atoms. The number of rotatable bonds is 16. The van der Waals surface area contributed by atoms with Crippen molar-refractivity contribution in [3.63, 3.8) is 0 Å². The topological polar surface area (TPSA) is 83.8 Å². The Kier molecular flexibility index (Phi) is 13.1. The van der Waals surface area contributed by atoms with Crippen LogP contribution in [0.2, 0.25) is 0 Å². The van der Waals surface area contributed by atoms with E-state index < -0.39 is 15.9 Å². The Morgan fingerprint density at radius 1 is 0.826 bits per heavy atom. The van der Waals surface area contributed by atoms with Crippen LogP contribution in [0.25, 0.3) is 0 Å².